The highest BCUT2D eigenvalue weighted by Crippen LogP contribution is 2.33. The number of aldehydes is 1. The van der Waals surface area contributed by atoms with E-state index in [0.29, 0.717) is 6.04 Å². The molecule has 3 rings (SSSR count). The van der Waals surface area contributed by atoms with Crippen LogP contribution in [0.1, 0.15) is 18.4 Å². The van der Waals surface area contributed by atoms with Crippen LogP contribution in [0, 0.1) is 0 Å². The lowest BCUT2D eigenvalue weighted by atomic mass is 10.0. The second-order valence-electron chi connectivity index (χ2n) is 4.31. The SMILES string of the molecule is O=CC1CC[C@@H](N2Cc3cscc3O2)CN1. The van der Waals surface area contributed by atoms with Crippen LogP contribution in [0.15, 0.2) is 10.8 Å². The fraction of sp³-hybridized carbons (Fsp3) is 0.545. The fourth-order valence-electron chi connectivity index (χ4n) is 2.26. The highest BCUT2D eigenvalue weighted by Gasteiger charge is 2.31. The Labute approximate surface area is 98.2 Å². The van der Waals surface area contributed by atoms with Gasteiger partial charge in [0.15, 0.2) is 5.75 Å². The highest BCUT2D eigenvalue weighted by atomic mass is 32.1. The standard InChI is InChI=1S/C11H14N2O2S/c14-5-9-1-2-10(3-12-9)13-4-8-6-16-7-11(8)15-13/h5-7,9-10,12H,1-4H2/t9?,10-/m1/s1. The van der Waals surface area contributed by atoms with Crippen molar-refractivity contribution in [3.63, 3.8) is 0 Å². The van der Waals surface area contributed by atoms with Crippen molar-refractivity contribution < 1.29 is 9.63 Å². The number of hydrogen-bond donors (Lipinski definition) is 1. The van der Waals surface area contributed by atoms with Gasteiger partial charge in [0.2, 0.25) is 0 Å². The van der Waals surface area contributed by atoms with Crippen LogP contribution in [0.25, 0.3) is 0 Å². The second kappa shape index (κ2) is 4.16. The average molecular weight is 238 g/mol. The van der Waals surface area contributed by atoms with Crippen LogP contribution in [-0.4, -0.2) is 30.0 Å². The molecule has 2 aliphatic rings. The average Bonchev–Trinajstić information content (AvgIpc) is 2.89. The molecule has 0 spiro atoms. The maximum atomic E-state index is 10.6. The number of carbonyl (C=O) groups excluding carboxylic acids is 1. The quantitative estimate of drug-likeness (QED) is 0.786. The van der Waals surface area contributed by atoms with Crippen LogP contribution < -0.4 is 10.2 Å². The summed E-state index contributed by atoms with van der Waals surface area (Å²) in [6.07, 6.45) is 2.92. The number of piperidine rings is 1. The van der Waals surface area contributed by atoms with Crippen molar-refractivity contribution in [2.45, 2.75) is 31.5 Å². The zero-order valence-corrected chi connectivity index (χ0v) is 9.70. The number of rotatable bonds is 2. The molecule has 2 aliphatic heterocycles. The van der Waals surface area contributed by atoms with Gasteiger partial charge in [-0.25, -0.2) is 0 Å². The van der Waals surface area contributed by atoms with Crippen LogP contribution in [0.2, 0.25) is 0 Å². The Hall–Kier alpha value is -0.910. The van der Waals surface area contributed by atoms with E-state index in [2.05, 4.69) is 10.7 Å². The van der Waals surface area contributed by atoms with E-state index in [1.54, 1.807) is 11.3 Å². The lowest BCUT2D eigenvalue weighted by Crippen LogP contribution is -2.49. The molecule has 0 aliphatic carbocycles. The smallest absolute Gasteiger partial charge is 0.162 e. The van der Waals surface area contributed by atoms with E-state index in [4.69, 9.17) is 4.84 Å². The summed E-state index contributed by atoms with van der Waals surface area (Å²) in [5.41, 5.74) is 1.28. The van der Waals surface area contributed by atoms with Crippen LogP contribution >= 0.6 is 11.3 Å². The zero-order valence-electron chi connectivity index (χ0n) is 8.89. The van der Waals surface area contributed by atoms with Gasteiger partial charge in [-0.05, 0) is 18.2 Å². The van der Waals surface area contributed by atoms with Crippen molar-refractivity contribution in [3.8, 4) is 5.75 Å². The molecule has 1 saturated heterocycles. The molecule has 0 radical (unpaired) electrons. The van der Waals surface area contributed by atoms with Gasteiger partial charge >= 0.3 is 0 Å². The third-order valence-corrected chi connectivity index (χ3v) is 4.01. The minimum Gasteiger partial charge on any atom is -0.404 e. The molecule has 16 heavy (non-hydrogen) atoms. The van der Waals surface area contributed by atoms with E-state index >= 15 is 0 Å². The maximum absolute atomic E-state index is 10.6. The first-order valence-electron chi connectivity index (χ1n) is 5.55. The molecule has 86 valence electrons. The Balaban J connectivity index is 1.60. The van der Waals surface area contributed by atoms with Crippen molar-refractivity contribution in [1.29, 1.82) is 0 Å². The lowest BCUT2D eigenvalue weighted by molar-refractivity contribution is -0.113. The van der Waals surface area contributed by atoms with Crippen molar-refractivity contribution >= 4 is 17.6 Å². The third-order valence-electron chi connectivity index (χ3n) is 3.24. The van der Waals surface area contributed by atoms with Crippen LogP contribution in [0.4, 0.5) is 0 Å². The minimum absolute atomic E-state index is 0.0346. The molecule has 4 nitrogen and oxygen atoms in total. The molecule has 5 heteroatoms. The van der Waals surface area contributed by atoms with E-state index < -0.39 is 0 Å². The second-order valence-corrected chi connectivity index (χ2v) is 5.05. The first-order valence-corrected chi connectivity index (χ1v) is 6.49. The van der Waals surface area contributed by atoms with Gasteiger partial charge in [0.1, 0.15) is 6.29 Å². The lowest BCUT2D eigenvalue weighted by Gasteiger charge is -2.32. The summed E-state index contributed by atoms with van der Waals surface area (Å²) in [5.74, 6) is 1.00. The first-order chi connectivity index (χ1) is 7.86. The van der Waals surface area contributed by atoms with E-state index in [-0.39, 0.29) is 6.04 Å². The molecular weight excluding hydrogens is 224 g/mol. The van der Waals surface area contributed by atoms with Crippen molar-refractivity contribution in [3.05, 3.63) is 16.3 Å². The van der Waals surface area contributed by atoms with Crippen molar-refractivity contribution in [2.24, 2.45) is 0 Å². The molecule has 1 fully saturated rings. The summed E-state index contributed by atoms with van der Waals surface area (Å²) < 4.78 is 0. The Morgan fingerprint density at radius 3 is 3.12 bits per heavy atom. The third kappa shape index (κ3) is 1.75. The van der Waals surface area contributed by atoms with Crippen molar-refractivity contribution in [1.82, 2.24) is 10.4 Å². The number of hydroxylamine groups is 2. The number of thiophene rings is 1. The largest absolute Gasteiger partial charge is 0.404 e. The van der Waals surface area contributed by atoms with Gasteiger partial charge in [-0.15, -0.1) is 16.4 Å². The van der Waals surface area contributed by atoms with Gasteiger partial charge in [0.25, 0.3) is 0 Å². The minimum atomic E-state index is 0.0346. The predicted octanol–water partition coefficient (Wildman–Crippen LogP) is 1.18. The number of carbonyl (C=O) groups is 1. The van der Waals surface area contributed by atoms with E-state index in [1.165, 1.54) is 5.56 Å². The van der Waals surface area contributed by atoms with E-state index in [9.17, 15) is 4.79 Å². The first kappa shape index (κ1) is 10.3. The molecule has 1 N–H and O–H groups in total. The van der Waals surface area contributed by atoms with Crippen molar-refractivity contribution in [2.75, 3.05) is 6.54 Å². The molecule has 0 bridgehead atoms. The fourth-order valence-corrected chi connectivity index (χ4v) is 3.00. The van der Waals surface area contributed by atoms with Gasteiger partial charge in [-0.1, -0.05) is 0 Å². The molecule has 1 unspecified atom stereocenters. The highest BCUT2D eigenvalue weighted by molar-refractivity contribution is 7.08. The number of nitrogens with one attached hydrogen (secondary N) is 1. The zero-order chi connectivity index (χ0) is 11.0. The molecule has 0 saturated carbocycles. The maximum Gasteiger partial charge on any atom is 0.162 e. The number of fused-ring (bicyclic) bond motifs is 1. The predicted molar refractivity (Wildman–Crippen MR) is 61.4 cm³/mol. The monoisotopic (exact) mass is 238 g/mol. The van der Waals surface area contributed by atoms with Gasteiger partial charge in [-0.3, -0.25) is 0 Å². The number of nitrogens with zero attached hydrogens (tertiary/aromatic N) is 1. The topological polar surface area (TPSA) is 41.6 Å². The van der Waals surface area contributed by atoms with Gasteiger partial charge in [0, 0.05) is 17.5 Å². The van der Waals surface area contributed by atoms with Gasteiger partial charge in [0.05, 0.1) is 18.6 Å². The summed E-state index contributed by atoms with van der Waals surface area (Å²) in [5, 5.41) is 9.44. The van der Waals surface area contributed by atoms with Crippen LogP contribution in [-0.2, 0) is 11.3 Å². The normalized spacial score (nSPS) is 29.8. The van der Waals surface area contributed by atoms with E-state index in [0.717, 1.165) is 38.0 Å². The molecular formula is C11H14N2O2S. The molecule has 1 aromatic rings. The molecule has 0 amide bonds. The molecule has 1 aromatic heterocycles. The van der Waals surface area contributed by atoms with E-state index in [1.807, 2.05) is 10.4 Å². The summed E-state index contributed by atoms with van der Waals surface area (Å²) in [6.45, 7) is 1.70. The van der Waals surface area contributed by atoms with Crippen LogP contribution in [0.3, 0.4) is 0 Å². The summed E-state index contributed by atoms with van der Waals surface area (Å²) in [7, 11) is 0. The Morgan fingerprint density at radius 2 is 2.44 bits per heavy atom. The molecule has 3 heterocycles. The van der Waals surface area contributed by atoms with Crippen LogP contribution in [0.5, 0.6) is 5.75 Å². The van der Waals surface area contributed by atoms with Gasteiger partial charge < -0.3 is 14.9 Å². The summed E-state index contributed by atoms with van der Waals surface area (Å²) in [6, 6.07) is 0.418. The Bertz CT molecular complexity index is 365. The summed E-state index contributed by atoms with van der Waals surface area (Å²) in [4.78, 5) is 16.4. The summed E-state index contributed by atoms with van der Waals surface area (Å²) >= 11 is 1.68. The molecule has 2 atom stereocenters. The Kier molecular flexibility index (Phi) is 2.67. The van der Waals surface area contributed by atoms with Gasteiger partial charge in [-0.2, -0.15) is 0 Å². The Morgan fingerprint density at radius 1 is 1.50 bits per heavy atom. The number of hydrogen-bond acceptors (Lipinski definition) is 5. The molecule has 0 aromatic carbocycles.